The Bertz CT molecular complexity index is 791. The highest BCUT2D eigenvalue weighted by molar-refractivity contribution is 7.10. The Morgan fingerprint density at radius 2 is 1.94 bits per heavy atom. The molecule has 0 aliphatic carbocycles. The third-order valence-corrected chi connectivity index (χ3v) is 6.44. The fourth-order valence-corrected chi connectivity index (χ4v) is 4.66. The average Bonchev–Trinajstić information content (AvgIpc) is 3.30. The van der Waals surface area contributed by atoms with Gasteiger partial charge in [-0.05, 0) is 50.2 Å². The van der Waals surface area contributed by atoms with Gasteiger partial charge in [0.15, 0.2) is 5.96 Å². The quantitative estimate of drug-likeness (QED) is 0.457. The molecule has 0 radical (unpaired) electrons. The number of morpholine rings is 1. The second kappa shape index (κ2) is 12.1. The van der Waals surface area contributed by atoms with E-state index in [1.54, 1.807) is 11.3 Å². The van der Waals surface area contributed by atoms with Gasteiger partial charge in [-0.3, -0.25) is 9.89 Å². The fourth-order valence-electron chi connectivity index (χ4n) is 3.74. The predicted octanol–water partition coefficient (Wildman–Crippen LogP) is 3.12. The Labute approximate surface area is 189 Å². The number of rotatable bonds is 9. The summed E-state index contributed by atoms with van der Waals surface area (Å²) in [5.41, 5.74) is 1.08. The Hall–Kier alpha value is -2.00. The summed E-state index contributed by atoms with van der Waals surface area (Å²) in [5.74, 6) is 0.581. The van der Waals surface area contributed by atoms with Crippen LogP contribution in [0.1, 0.15) is 29.4 Å². The van der Waals surface area contributed by atoms with E-state index in [4.69, 9.17) is 9.73 Å². The molecule has 2 aromatic rings. The summed E-state index contributed by atoms with van der Waals surface area (Å²) in [5, 5.41) is 8.98. The van der Waals surface area contributed by atoms with Gasteiger partial charge in [0.25, 0.3) is 0 Å². The van der Waals surface area contributed by atoms with Gasteiger partial charge in [-0.15, -0.1) is 11.3 Å². The molecule has 0 amide bonds. The molecule has 1 aromatic carbocycles. The maximum Gasteiger partial charge on any atom is 0.191 e. The van der Waals surface area contributed by atoms with Crippen molar-refractivity contribution in [1.82, 2.24) is 20.4 Å². The van der Waals surface area contributed by atoms with E-state index in [2.05, 4.69) is 59.0 Å². The van der Waals surface area contributed by atoms with Crippen molar-refractivity contribution in [2.24, 2.45) is 4.99 Å². The van der Waals surface area contributed by atoms with Crippen molar-refractivity contribution in [2.75, 3.05) is 60.0 Å². The molecule has 2 heterocycles. The molecule has 1 saturated heterocycles. The zero-order chi connectivity index (χ0) is 22.1. The van der Waals surface area contributed by atoms with Crippen LogP contribution in [0.3, 0.4) is 0 Å². The van der Waals surface area contributed by atoms with E-state index in [-0.39, 0.29) is 17.9 Å². The standard InChI is InChI=1S/C23H34FN5OS/c1-4-25-23(27-17-21(28(2)3)22-6-5-15-31-22)26-16-20(29-11-13-30-14-12-29)18-7-9-19(24)10-8-18/h5-10,15,20-21H,4,11-14,16-17H2,1-3H3,(H2,25,26,27). The van der Waals surface area contributed by atoms with Gasteiger partial charge in [-0.2, -0.15) is 0 Å². The summed E-state index contributed by atoms with van der Waals surface area (Å²) >= 11 is 1.77. The summed E-state index contributed by atoms with van der Waals surface area (Å²) in [6.45, 7) is 7.33. The Balaban J connectivity index is 1.72. The van der Waals surface area contributed by atoms with Crippen molar-refractivity contribution in [2.45, 2.75) is 19.0 Å². The molecule has 2 N–H and O–H groups in total. The van der Waals surface area contributed by atoms with E-state index in [0.29, 0.717) is 19.8 Å². The average molecular weight is 448 g/mol. The van der Waals surface area contributed by atoms with Crippen molar-refractivity contribution in [3.05, 3.63) is 58.0 Å². The molecule has 1 aliphatic heterocycles. The summed E-state index contributed by atoms with van der Waals surface area (Å²) in [4.78, 5) is 10.8. The number of hydrogen-bond donors (Lipinski definition) is 2. The second-order valence-corrected chi connectivity index (χ2v) is 8.79. The van der Waals surface area contributed by atoms with Crippen LogP contribution in [0.2, 0.25) is 0 Å². The molecule has 170 valence electrons. The lowest BCUT2D eigenvalue weighted by Crippen LogP contribution is -2.43. The first-order chi connectivity index (χ1) is 15.1. The van der Waals surface area contributed by atoms with Gasteiger partial charge in [0.2, 0.25) is 0 Å². The molecular formula is C23H34FN5OS. The van der Waals surface area contributed by atoms with Crippen molar-refractivity contribution in [1.29, 1.82) is 0 Å². The molecule has 2 unspecified atom stereocenters. The van der Waals surface area contributed by atoms with Gasteiger partial charge in [0, 0.05) is 31.1 Å². The van der Waals surface area contributed by atoms with E-state index in [0.717, 1.165) is 37.7 Å². The molecule has 6 nitrogen and oxygen atoms in total. The normalized spacial score (nSPS) is 17.5. The van der Waals surface area contributed by atoms with E-state index in [1.165, 1.54) is 17.0 Å². The van der Waals surface area contributed by atoms with E-state index < -0.39 is 0 Å². The number of benzene rings is 1. The highest BCUT2D eigenvalue weighted by Crippen LogP contribution is 2.24. The van der Waals surface area contributed by atoms with Crippen LogP contribution in [0.4, 0.5) is 4.39 Å². The molecule has 1 aromatic heterocycles. The molecule has 1 fully saturated rings. The van der Waals surface area contributed by atoms with E-state index in [1.807, 2.05) is 12.1 Å². The van der Waals surface area contributed by atoms with Gasteiger partial charge >= 0.3 is 0 Å². The summed E-state index contributed by atoms with van der Waals surface area (Å²) < 4.78 is 19.0. The molecular weight excluding hydrogens is 413 g/mol. The number of nitrogens with zero attached hydrogens (tertiary/aromatic N) is 3. The number of thiophene rings is 1. The number of halogens is 1. The first-order valence-electron chi connectivity index (χ1n) is 10.9. The number of nitrogens with one attached hydrogen (secondary N) is 2. The Kier molecular flexibility index (Phi) is 9.27. The van der Waals surface area contributed by atoms with E-state index in [9.17, 15) is 4.39 Å². The zero-order valence-corrected chi connectivity index (χ0v) is 19.5. The number of ether oxygens (including phenoxy) is 1. The van der Waals surface area contributed by atoms with Crippen LogP contribution in [0.15, 0.2) is 46.8 Å². The highest BCUT2D eigenvalue weighted by atomic mass is 32.1. The Morgan fingerprint density at radius 3 is 2.55 bits per heavy atom. The SMILES string of the molecule is CCNC(=NCC(c1ccc(F)cc1)N1CCOCC1)NCC(c1cccs1)N(C)C. The molecule has 0 bridgehead atoms. The molecule has 8 heteroatoms. The van der Waals surface area contributed by atoms with Crippen LogP contribution in [-0.4, -0.2) is 75.8 Å². The number of hydrogen-bond acceptors (Lipinski definition) is 5. The van der Waals surface area contributed by atoms with Gasteiger partial charge in [0.1, 0.15) is 5.82 Å². The van der Waals surface area contributed by atoms with Crippen LogP contribution >= 0.6 is 11.3 Å². The first kappa shape index (κ1) is 23.7. The highest BCUT2D eigenvalue weighted by Gasteiger charge is 2.23. The maximum atomic E-state index is 13.5. The molecule has 2 atom stereocenters. The third kappa shape index (κ3) is 7.00. The Morgan fingerprint density at radius 1 is 1.19 bits per heavy atom. The smallest absolute Gasteiger partial charge is 0.191 e. The topological polar surface area (TPSA) is 52.1 Å². The predicted molar refractivity (Wildman–Crippen MR) is 126 cm³/mol. The van der Waals surface area contributed by atoms with Crippen LogP contribution < -0.4 is 10.6 Å². The largest absolute Gasteiger partial charge is 0.379 e. The van der Waals surface area contributed by atoms with Crippen LogP contribution in [0.25, 0.3) is 0 Å². The maximum absolute atomic E-state index is 13.5. The van der Waals surface area contributed by atoms with Crippen LogP contribution in [0.5, 0.6) is 0 Å². The monoisotopic (exact) mass is 447 g/mol. The van der Waals surface area contributed by atoms with Gasteiger partial charge in [0.05, 0.1) is 31.8 Å². The number of likely N-dealkylation sites (N-methyl/N-ethyl adjacent to an activating group) is 1. The van der Waals surface area contributed by atoms with Crippen LogP contribution in [0, 0.1) is 5.82 Å². The molecule has 0 spiro atoms. The second-order valence-electron chi connectivity index (χ2n) is 7.81. The lowest BCUT2D eigenvalue weighted by molar-refractivity contribution is 0.0179. The summed E-state index contributed by atoms with van der Waals surface area (Å²) in [6, 6.07) is 11.4. The van der Waals surface area contributed by atoms with Crippen molar-refractivity contribution in [3.63, 3.8) is 0 Å². The number of guanidine groups is 1. The molecule has 31 heavy (non-hydrogen) atoms. The summed E-state index contributed by atoms with van der Waals surface area (Å²) in [7, 11) is 4.19. The molecule has 0 saturated carbocycles. The minimum atomic E-state index is -0.216. The lowest BCUT2D eigenvalue weighted by atomic mass is 10.0. The minimum Gasteiger partial charge on any atom is -0.379 e. The number of aliphatic imine (C=N–C) groups is 1. The van der Waals surface area contributed by atoms with Crippen molar-refractivity contribution >= 4 is 17.3 Å². The molecule has 1 aliphatic rings. The molecule has 3 rings (SSSR count). The van der Waals surface area contributed by atoms with Gasteiger partial charge in [-0.25, -0.2) is 4.39 Å². The lowest BCUT2D eigenvalue weighted by Gasteiger charge is -2.34. The van der Waals surface area contributed by atoms with Crippen molar-refractivity contribution in [3.8, 4) is 0 Å². The van der Waals surface area contributed by atoms with Crippen LogP contribution in [-0.2, 0) is 4.74 Å². The van der Waals surface area contributed by atoms with Gasteiger partial charge in [-0.1, -0.05) is 18.2 Å². The zero-order valence-electron chi connectivity index (χ0n) is 18.7. The van der Waals surface area contributed by atoms with E-state index >= 15 is 0 Å². The third-order valence-electron chi connectivity index (χ3n) is 5.47. The van der Waals surface area contributed by atoms with Crippen molar-refractivity contribution < 1.29 is 9.13 Å². The minimum absolute atomic E-state index is 0.0851. The van der Waals surface area contributed by atoms with Gasteiger partial charge < -0.3 is 20.3 Å². The fraction of sp³-hybridized carbons (Fsp3) is 0.522. The first-order valence-corrected chi connectivity index (χ1v) is 11.8. The summed E-state index contributed by atoms with van der Waals surface area (Å²) in [6.07, 6.45) is 0.